The number of imidazole rings is 1. The molecule has 0 bridgehead atoms. The van der Waals surface area contributed by atoms with Crippen molar-refractivity contribution in [2.45, 2.75) is 132 Å². The number of aromatic nitrogens is 2. The van der Waals surface area contributed by atoms with Crippen LogP contribution in [0.2, 0.25) is 0 Å². The van der Waals surface area contributed by atoms with Crippen molar-refractivity contribution in [1.29, 1.82) is 0 Å². The minimum absolute atomic E-state index is 0.0388. The summed E-state index contributed by atoms with van der Waals surface area (Å²) in [5.41, 5.74) is 23.6. The lowest BCUT2D eigenvalue weighted by atomic mass is 10.0. The number of aromatic amines is 1. The molecule has 1 aromatic heterocycles. The third-order valence-corrected chi connectivity index (χ3v) is 10.9. The first-order valence-corrected chi connectivity index (χ1v) is 22.6. The van der Waals surface area contributed by atoms with E-state index in [1.165, 1.54) is 12.5 Å². The third-order valence-electron chi connectivity index (χ3n) is 10.9. The van der Waals surface area contributed by atoms with Crippen molar-refractivity contribution in [1.82, 2.24) is 47.2 Å². The Kier molecular flexibility index (Phi) is 24.3. The maximum absolute atomic E-state index is 14.4. The van der Waals surface area contributed by atoms with Gasteiger partial charge in [-0.25, -0.2) is 9.78 Å². The van der Waals surface area contributed by atoms with E-state index in [-0.39, 0.29) is 63.5 Å². The van der Waals surface area contributed by atoms with Gasteiger partial charge >= 0.3 is 11.9 Å². The van der Waals surface area contributed by atoms with Crippen molar-refractivity contribution in [3.8, 4) is 0 Å². The number of guanidine groups is 1. The fourth-order valence-electron chi connectivity index (χ4n) is 7.25. The van der Waals surface area contributed by atoms with Crippen LogP contribution in [0.4, 0.5) is 0 Å². The number of carboxylic acids is 2. The van der Waals surface area contributed by atoms with E-state index in [1.807, 2.05) is 0 Å². The summed E-state index contributed by atoms with van der Waals surface area (Å²) in [7, 11) is 0. The summed E-state index contributed by atoms with van der Waals surface area (Å²) in [6, 6.07) is 0.378. The van der Waals surface area contributed by atoms with Gasteiger partial charge in [0.05, 0.1) is 12.4 Å². The molecule has 0 radical (unpaired) electrons. The first-order chi connectivity index (χ1) is 32.1. The van der Waals surface area contributed by atoms with Crippen LogP contribution in [0.1, 0.15) is 88.3 Å². The first-order valence-electron chi connectivity index (χ1n) is 22.6. The van der Waals surface area contributed by atoms with Gasteiger partial charge in [0.1, 0.15) is 36.3 Å². The maximum atomic E-state index is 14.4. The van der Waals surface area contributed by atoms with Crippen molar-refractivity contribution in [2.24, 2.45) is 27.9 Å². The van der Waals surface area contributed by atoms with Gasteiger partial charge in [-0.05, 0) is 95.8 Å². The lowest BCUT2D eigenvalue weighted by molar-refractivity contribution is -0.143. The molecule has 2 aromatic rings. The number of rotatable bonds is 32. The van der Waals surface area contributed by atoms with Crippen LogP contribution < -0.4 is 60.2 Å². The Morgan fingerprint density at radius 3 is 1.67 bits per heavy atom. The highest BCUT2D eigenvalue weighted by atomic mass is 16.4. The number of carboxylic acid groups (broad SMARTS) is 2. The molecule has 0 aliphatic carbocycles. The van der Waals surface area contributed by atoms with Crippen LogP contribution in [0.5, 0.6) is 0 Å². The zero-order valence-electron chi connectivity index (χ0n) is 37.7. The molecule has 1 aromatic carbocycles. The van der Waals surface area contributed by atoms with Crippen molar-refractivity contribution in [2.75, 3.05) is 26.2 Å². The molecular weight excluding hydrogens is 873 g/mol. The second-order valence-electron chi connectivity index (χ2n) is 16.3. The molecule has 24 nitrogen and oxygen atoms in total. The van der Waals surface area contributed by atoms with Gasteiger partial charge in [-0.15, -0.1) is 0 Å². The molecule has 0 saturated carbocycles. The number of hydrogen-bond acceptors (Lipinski definition) is 13. The molecular formula is C43H68N14O10. The number of amides is 6. The van der Waals surface area contributed by atoms with Crippen LogP contribution in [0.15, 0.2) is 47.8 Å². The van der Waals surface area contributed by atoms with Crippen molar-refractivity contribution in [3.63, 3.8) is 0 Å². The minimum atomic E-state index is -1.60. The number of aliphatic imine (C=N–C) groups is 1. The molecule has 18 N–H and O–H groups in total. The van der Waals surface area contributed by atoms with E-state index in [9.17, 15) is 43.5 Å². The lowest BCUT2D eigenvalue weighted by Gasteiger charge is -2.28. The molecule has 0 unspecified atom stereocenters. The number of nitrogens with one attached hydrogen (secondary N) is 8. The highest BCUT2D eigenvalue weighted by molar-refractivity contribution is 5.97. The van der Waals surface area contributed by atoms with Gasteiger partial charge in [0.2, 0.25) is 35.4 Å². The van der Waals surface area contributed by atoms with E-state index in [1.54, 1.807) is 30.3 Å². The summed E-state index contributed by atoms with van der Waals surface area (Å²) in [6.45, 7) is 1.28. The second-order valence-corrected chi connectivity index (χ2v) is 16.3. The quantitative estimate of drug-likeness (QED) is 0.0199. The van der Waals surface area contributed by atoms with Gasteiger partial charge in [0.15, 0.2) is 5.96 Å². The predicted molar refractivity (Wildman–Crippen MR) is 245 cm³/mol. The molecule has 1 saturated heterocycles. The maximum Gasteiger partial charge on any atom is 0.326 e. The Labute approximate surface area is 388 Å². The topological polar surface area (TPSA) is 406 Å². The largest absolute Gasteiger partial charge is 0.481 e. The number of hydrogen-bond donors (Lipinski definition) is 14. The molecule has 7 atom stereocenters. The van der Waals surface area contributed by atoms with Crippen molar-refractivity contribution in [3.05, 3.63) is 54.1 Å². The van der Waals surface area contributed by atoms with Gasteiger partial charge < -0.3 is 75.3 Å². The standard InChI is InChI=1S/C43H68N14O10/c44-18-6-4-12-29(37(61)52-31(15-9-21-50-43(46)47)38(62)55-32(42(66)67)16-17-35(58)59)53-40(64)33(22-26-10-2-1-3-11-26)56-39(63)30(13-5-7-19-45)54-41(65)34(23-27-24-48-25-51-27)57-36(60)28-14-8-20-49-28/h1-3,10-11,24-25,28-34,49H,4-9,12-23,44-45H2,(H,48,51)(H,52,61)(H,53,64)(H,54,65)(H,55,62)(H,56,63)(H,57,60)(H,58,59)(H,66,67)(H4,46,47,50)/t28-,29-,30-,31-,32-,33-,34-/m0/s1. The Bertz CT molecular complexity index is 1930. The van der Waals surface area contributed by atoms with Crippen LogP contribution in [-0.4, -0.2) is 142 Å². The number of nitrogens with two attached hydrogens (primary N) is 4. The summed E-state index contributed by atoms with van der Waals surface area (Å²) in [5.74, 6) is -7.25. The molecule has 370 valence electrons. The fourth-order valence-corrected chi connectivity index (χ4v) is 7.25. The van der Waals surface area contributed by atoms with E-state index < -0.39 is 96.6 Å². The monoisotopic (exact) mass is 941 g/mol. The molecule has 1 aliphatic rings. The zero-order chi connectivity index (χ0) is 49.1. The second kappa shape index (κ2) is 29.8. The molecule has 24 heteroatoms. The molecule has 67 heavy (non-hydrogen) atoms. The van der Waals surface area contributed by atoms with Crippen molar-refractivity contribution < 1.29 is 48.6 Å². The summed E-state index contributed by atoms with van der Waals surface area (Å²) < 4.78 is 0. The molecule has 1 fully saturated rings. The summed E-state index contributed by atoms with van der Waals surface area (Å²) in [5, 5.41) is 37.9. The Morgan fingerprint density at radius 1 is 0.672 bits per heavy atom. The highest BCUT2D eigenvalue weighted by Crippen LogP contribution is 2.12. The van der Waals surface area contributed by atoms with Crippen LogP contribution in [0, 0.1) is 0 Å². The molecule has 1 aliphatic heterocycles. The van der Waals surface area contributed by atoms with E-state index in [2.05, 4.69) is 52.2 Å². The van der Waals surface area contributed by atoms with E-state index in [0.717, 1.165) is 6.42 Å². The first kappa shape index (κ1) is 54.7. The molecule has 6 amide bonds. The van der Waals surface area contributed by atoms with Crippen LogP contribution >= 0.6 is 0 Å². The summed E-state index contributed by atoms with van der Waals surface area (Å²) in [6.07, 6.45) is 5.32. The number of H-pyrrole nitrogens is 1. The molecule has 0 spiro atoms. The fraction of sp³-hybridized carbons (Fsp3) is 0.581. The van der Waals surface area contributed by atoms with Crippen LogP contribution in [0.25, 0.3) is 0 Å². The number of carbonyl (C=O) groups is 8. The Balaban J connectivity index is 1.91. The van der Waals surface area contributed by atoms with Gasteiger partial charge in [-0.2, -0.15) is 0 Å². The summed E-state index contributed by atoms with van der Waals surface area (Å²) >= 11 is 0. The highest BCUT2D eigenvalue weighted by Gasteiger charge is 2.34. The Morgan fingerprint density at radius 2 is 1.19 bits per heavy atom. The molecule has 3 rings (SSSR count). The smallest absolute Gasteiger partial charge is 0.326 e. The SMILES string of the molecule is NCCCC[C@H](NC(=O)[C@H](Cc1ccccc1)NC(=O)[C@H](CCCCN)NC(=O)[C@H](Cc1cnc[nH]1)NC(=O)[C@@H]1CCCN1)C(=O)N[C@@H](CCCN=C(N)N)C(=O)N[C@@H](CCC(=O)O)C(=O)O. The van der Waals surface area contributed by atoms with Gasteiger partial charge in [-0.3, -0.25) is 38.6 Å². The predicted octanol–water partition coefficient (Wildman–Crippen LogP) is -2.88. The lowest BCUT2D eigenvalue weighted by Crippen LogP contribution is -2.60. The number of carbonyl (C=O) groups excluding carboxylic acids is 6. The van der Waals surface area contributed by atoms with E-state index >= 15 is 0 Å². The van der Waals surface area contributed by atoms with Crippen LogP contribution in [-0.2, 0) is 51.2 Å². The van der Waals surface area contributed by atoms with Crippen molar-refractivity contribution >= 4 is 53.3 Å². The number of benzene rings is 1. The number of unbranched alkanes of at least 4 members (excludes halogenated alkanes) is 2. The van der Waals surface area contributed by atoms with Gasteiger partial charge in [-0.1, -0.05) is 30.3 Å². The van der Waals surface area contributed by atoms with Crippen LogP contribution in [0.3, 0.4) is 0 Å². The van der Waals surface area contributed by atoms with Gasteiger partial charge in [0, 0.05) is 37.7 Å². The number of aliphatic carboxylic acids is 2. The van der Waals surface area contributed by atoms with E-state index in [0.29, 0.717) is 56.5 Å². The molecule has 2 heterocycles. The average Bonchev–Trinajstić information content (AvgIpc) is 4.03. The summed E-state index contributed by atoms with van der Waals surface area (Å²) in [4.78, 5) is 117. The van der Waals surface area contributed by atoms with E-state index in [4.69, 9.17) is 28.0 Å². The Hall–Kier alpha value is -6.66. The minimum Gasteiger partial charge on any atom is -0.481 e. The van der Waals surface area contributed by atoms with Gasteiger partial charge in [0.25, 0.3) is 0 Å². The zero-order valence-corrected chi connectivity index (χ0v) is 37.7. The number of nitrogens with zero attached hydrogens (tertiary/aromatic N) is 2. The third kappa shape index (κ3) is 20.6. The average molecular weight is 941 g/mol. The normalized spacial score (nSPS) is 15.9.